The number of nitrogens with zero attached hydrogens (tertiary/aromatic N) is 2. The van der Waals surface area contributed by atoms with Crippen molar-refractivity contribution in [1.29, 1.82) is 0 Å². The number of carbonyl (C=O) groups is 1. The normalized spacial score (nSPS) is 12.1. The molecule has 2 rings (SSSR count). The number of rotatable bonds is 5. The van der Waals surface area contributed by atoms with Crippen molar-refractivity contribution >= 4 is 5.91 Å². The van der Waals surface area contributed by atoms with Crippen LogP contribution in [0.15, 0.2) is 42.7 Å². The molecule has 0 aliphatic rings. The molecule has 19 heavy (non-hydrogen) atoms. The molecule has 5 nitrogen and oxygen atoms in total. The van der Waals surface area contributed by atoms with Gasteiger partial charge in [0.05, 0.1) is 5.69 Å². The molecule has 0 bridgehead atoms. The molecule has 100 valence electrons. The van der Waals surface area contributed by atoms with Crippen LogP contribution in [0.25, 0.3) is 5.69 Å². The van der Waals surface area contributed by atoms with Crippen LogP contribution in [0.1, 0.15) is 23.7 Å². The van der Waals surface area contributed by atoms with Crippen molar-refractivity contribution < 1.29 is 9.90 Å². The maximum absolute atomic E-state index is 12.0. The van der Waals surface area contributed by atoms with E-state index in [1.54, 1.807) is 23.0 Å². The molecule has 0 unspecified atom stereocenters. The number of aliphatic hydroxyl groups is 1. The highest BCUT2D eigenvalue weighted by Gasteiger charge is 2.10. The molecule has 0 radical (unpaired) electrons. The van der Waals surface area contributed by atoms with E-state index < -0.39 is 0 Å². The summed E-state index contributed by atoms with van der Waals surface area (Å²) in [5.41, 5.74) is 1.42. The fourth-order valence-corrected chi connectivity index (χ4v) is 1.78. The maximum Gasteiger partial charge on any atom is 0.251 e. The summed E-state index contributed by atoms with van der Waals surface area (Å²) >= 11 is 0. The molecule has 0 aliphatic carbocycles. The Morgan fingerprint density at radius 1 is 1.47 bits per heavy atom. The van der Waals surface area contributed by atoms with Crippen LogP contribution < -0.4 is 5.32 Å². The third kappa shape index (κ3) is 3.42. The van der Waals surface area contributed by atoms with Crippen LogP contribution in [0, 0.1) is 0 Å². The van der Waals surface area contributed by atoms with Gasteiger partial charge in [-0.1, -0.05) is 6.07 Å². The van der Waals surface area contributed by atoms with Gasteiger partial charge in [-0.25, -0.2) is 4.68 Å². The van der Waals surface area contributed by atoms with Crippen molar-refractivity contribution in [3.63, 3.8) is 0 Å². The topological polar surface area (TPSA) is 67.2 Å². The van der Waals surface area contributed by atoms with Crippen molar-refractivity contribution in [2.24, 2.45) is 0 Å². The summed E-state index contributed by atoms with van der Waals surface area (Å²) in [6, 6.07) is 9.03. The first-order chi connectivity index (χ1) is 9.20. The Labute approximate surface area is 111 Å². The van der Waals surface area contributed by atoms with E-state index in [-0.39, 0.29) is 18.6 Å². The second kappa shape index (κ2) is 6.15. The van der Waals surface area contributed by atoms with E-state index in [0.29, 0.717) is 12.0 Å². The summed E-state index contributed by atoms with van der Waals surface area (Å²) in [6.45, 7) is 1.93. The molecule has 2 aromatic rings. The summed E-state index contributed by atoms with van der Waals surface area (Å²) < 4.78 is 1.70. The Morgan fingerprint density at radius 2 is 2.32 bits per heavy atom. The van der Waals surface area contributed by atoms with E-state index in [4.69, 9.17) is 5.11 Å². The molecule has 1 aromatic heterocycles. The average molecular weight is 259 g/mol. The smallest absolute Gasteiger partial charge is 0.251 e. The lowest BCUT2D eigenvalue weighted by molar-refractivity contribution is 0.0934. The van der Waals surface area contributed by atoms with Gasteiger partial charge >= 0.3 is 0 Å². The third-order valence-electron chi connectivity index (χ3n) is 2.82. The van der Waals surface area contributed by atoms with Gasteiger partial charge in [0, 0.05) is 30.6 Å². The summed E-state index contributed by atoms with van der Waals surface area (Å²) in [4.78, 5) is 12.0. The maximum atomic E-state index is 12.0. The van der Waals surface area contributed by atoms with Crippen molar-refractivity contribution in [3.05, 3.63) is 48.3 Å². The Morgan fingerprint density at radius 3 is 3.00 bits per heavy atom. The van der Waals surface area contributed by atoms with E-state index in [1.165, 1.54) is 0 Å². The second-order valence-corrected chi connectivity index (χ2v) is 4.39. The van der Waals surface area contributed by atoms with Gasteiger partial charge in [0.1, 0.15) is 0 Å². The lowest BCUT2D eigenvalue weighted by Gasteiger charge is -2.12. The van der Waals surface area contributed by atoms with Crippen molar-refractivity contribution in [2.45, 2.75) is 19.4 Å². The molecule has 5 heteroatoms. The molecule has 1 atom stereocenters. The van der Waals surface area contributed by atoms with Crippen LogP contribution in [0.4, 0.5) is 0 Å². The molecule has 1 heterocycles. The average Bonchev–Trinajstić information content (AvgIpc) is 2.93. The lowest BCUT2D eigenvalue weighted by Crippen LogP contribution is -2.33. The summed E-state index contributed by atoms with van der Waals surface area (Å²) in [5.74, 6) is -0.144. The standard InChI is InChI=1S/C14H17N3O2/c1-11(6-9-18)16-14(19)12-4-2-5-13(10-12)17-8-3-7-15-17/h2-5,7-8,10-11,18H,6,9H2,1H3,(H,16,19)/t11-/m1/s1. The van der Waals surface area contributed by atoms with Crippen molar-refractivity contribution in [1.82, 2.24) is 15.1 Å². The number of aromatic nitrogens is 2. The molecule has 1 aromatic carbocycles. The number of amides is 1. The van der Waals surface area contributed by atoms with Crippen LogP contribution >= 0.6 is 0 Å². The predicted octanol–water partition coefficient (Wildman–Crippen LogP) is 1.37. The summed E-state index contributed by atoms with van der Waals surface area (Å²) in [6.07, 6.45) is 4.06. The first kappa shape index (κ1) is 13.3. The quantitative estimate of drug-likeness (QED) is 0.852. The Kier molecular flexibility index (Phi) is 4.30. The molecule has 0 saturated heterocycles. The van der Waals surface area contributed by atoms with E-state index >= 15 is 0 Å². The fourth-order valence-electron chi connectivity index (χ4n) is 1.78. The fraction of sp³-hybridized carbons (Fsp3) is 0.286. The molecule has 0 spiro atoms. The largest absolute Gasteiger partial charge is 0.396 e. The number of carbonyl (C=O) groups excluding carboxylic acids is 1. The molecule has 1 amide bonds. The molecular weight excluding hydrogens is 242 g/mol. The van der Waals surface area contributed by atoms with Gasteiger partial charge in [0.25, 0.3) is 5.91 Å². The molecular formula is C14H17N3O2. The van der Waals surface area contributed by atoms with Crippen LogP contribution in [0.2, 0.25) is 0 Å². The van der Waals surface area contributed by atoms with Gasteiger partial charge < -0.3 is 10.4 Å². The van der Waals surface area contributed by atoms with Gasteiger partial charge in [-0.05, 0) is 37.6 Å². The zero-order valence-electron chi connectivity index (χ0n) is 10.8. The highest BCUT2D eigenvalue weighted by molar-refractivity contribution is 5.94. The SMILES string of the molecule is C[C@H](CCO)NC(=O)c1cccc(-n2cccn2)c1. The predicted molar refractivity (Wildman–Crippen MR) is 72.2 cm³/mol. The molecule has 0 saturated carbocycles. The van der Waals surface area contributed by atoms with Gasteiger partial charge in [-0.2, -0.15) is 5.10 Å². The van der Waals surface area contributed by atoms with Crippen molar-refractivity contribution in [2.75, 3.05) is 6.61 Å². The Balaban J connectivity index is 2.12. The number of hydrogen-bond donors (Lipinski definition) is 2. The third-order valence-corrected chi connectivity index (χ3v) is 2.82. The Bertz CT molecular complexity index is 537. The molecule has 2 N–H and O–H groups in total. The van der Waals surface area contributed by atoms with E-state index in [2.05, 4.69) is 10.4 Å². The highest BCUT2D eigenvalue weighted by Crippen LogP contribution is 2.10. The first-order valence-corrected chi connectivity index (χ1v) is 6.22. The number of nitrogens with one attached hydrogen (secondary N) is 1. The van der Waals surface area contributed by atoms with Crippen LogP contribution in [0.3, 0.4) is 0 Å². The summed E-state index contributed by atoms with van der Waals surface area (Å²) in [7, 11) is 0. The monoisotopic (exact) mass is 259 g/mol. The lowest BCUT2D eigenvalue weighted by atomic mass is 10.1. The van der Waals surface area contributed by atoms with Crippen LogP contribution in [-0.4, -0.2) is 33.4 Å². The first-order valence-electron chi connectivity index (χ1n) is 6.22. The minimum absolute atomic E-state index is 0.0501. The molecule has 0 aliphatic heterocycles. The molecule has 0 fully saturated rings. The second-order valence-electron chi connectivity index (χ2n) is 4.39. The highest BCUT2D eigenvalue weighted by atomic mass is 16.3. The number of aliphatic hydroxyl groups excluding tert-OH is 1. The van der Waals surface area contributed by atoms with E-state index in [1.807, 2.05) is 31.3 Å². The van der Waals surface area contributed by atoms with Gasteiger partial charge in [0.2, 0.25) is 0 Å². The van der Waals surface area contributed by atoms with Crippen LogP contribution in [-0.2, 0) is 0 Å². The van der Waals surface area contributed by atoms with Gasteiger partial charge in [-0.15, -0.1) is 0 Å². The minimum atomic E-state index is -0.144. The van der Waals surface area contributed by atoms with Crippen molar-refractivity contribution in [3.8, 4) is 5.69 Å². The Hall–Kier alpha value is -2.14. The number of hydrogen-bond acceptors (Lipinski definition) is 3. The zero-order valence-corrected chi connectivity index (χ0v) is 10.8. The zero-order chi connectivity index (χ0) is 13.7. The number of benzene rings is 1. The van der Waals surface area contributed by atoms with Crippen LogP contribution in [0.5, 0.6) is 0 Å². The minimum Gasteiger partial charge on any atom is -0.396 e. The van der Waals surface area contributed by atoms with E-state index in [0.717, 1.165) is 5.69 Å². The van der Waals surface area contributed by atoms with E-state index in [9.17, 15) is 4.79 Å². The van der Waals surface area contributed by atoms with Gasteiger partial charge in [0.15, 0.2) is 0 Å². The summed E-state index contributed by atoms with van der Waals surface area (Å²) in [5, 5.41) is 15.8. The van der Waals surface area contributed by atoms with Gasteiger partial charge in [-0.3, -0.25) is 4.79 Å².